The molecule has 0 radical (unpaired) electrons. The monoisotopic (exact) mass is 212 g/mol. The van der Waals surface area contributed by atoms with Crippen LogP contribution in [-0.4, -0.2) is 17.9 Å². The van der Waals surface area contributed by atoms with E-state index in [0.717, 1.165) is 12.8 Å². The Kier molecular flexibility index (Phi) is 3.89. The second-order valence-corrected chi connectivity index (χ2v) is 4.82. The molecular formula is C12H20O3. The third kappa shape index (κ3) is 2.80. The summed E-state index contributed by atoms with van der Waals surface area (Å²) in [6, 6.07) is 0. The maximum atomic E-state index is 11.9. The van der Waals surface area contributed by atoms with Gasteiger partial charge in [-0.2, -0.15) is 0 Å². The van der Waals surface area contributed by atoms with Gasteiger partial charge in [0, 0.05) is 18.8 Å². The minimum atomic E-state index is -0.508. The summed E-state index contributed by atoms with van der Waals surface area (Å²) >= 11 is 0. The van der Waals surface area contributed by atoms with Crippen LogP contribution in [0.5, 0.6) is 0 Å². The van der Waals surface area contributed by atoms with Gasteiger partial charge in [0.15, 0.2) is 11.9 Å². The lowest BCUT2D eigenvalue weighted by atomic mass is 9.74. The molecule has 0 saturated heterocycles. The van der Waals surface area contributed by atoms with Crippen LogP contribution < -0.4 is 0 Å². The van der Waals surface area contributed by atoms with Gasteiger partial charge in [0.1, 0.15) is 0 Å². The molecule has 86 valence electrons. The lowest BCUT2D eigenvalue weighted by molar-refractivity contribution is -0.162. The van der Waals surface area contributed by atoms with Crippen LogP contribution in [0.3, 0.4) is 0 Å². The molecule has 0 bridgehead atoms. The van der Waals surface area contributed by atoms with Crippen molar-refractivity contribution in [1.29, 1.82) is 0 Å². The van der Waals surface area contributed by atoms with E-state index in [4.69, 9.17) is 4.74 Å². The number of ether oxygens (including phenoxy) is 1. The maximum Gasteiger partial charge on any atom is 0.303 e. The highest BCUT2D eigenvalue weighted by Gasteiger charge is 2.39. The molecule has 0 spiro atoms. The Bertz CT molecular complexity index is 258. The van der Waals surface area contributed by atoms with Gasteiger partial charge in [0.2, 0.25) is 0 Å². The SMILES string of the molecule is CC(=O)OC1C(=O)C(C)CCC1C(C)C. The minimum Gasteiger partial charge on any atom is -0.454 e. The van der Waals surface area contributed by atoms with Crippen molar-refractivity contribution in [3.05, 3.63) is 0 Å². The van der Waals surface area contributed by atoms with E-state index >= 15 is 0 Å². The average Bonchev–Trinajstić information content (AvgIpc) is 2.12. The number of rotatable bonds is 2. The summed E-state index contributed by atoms with van der Waals surface area (Å²) in [6.45, 7) is 7.42. The zero-order valence-corrected chi connectivity index (χ0v) is 9.95. The fourth-order valence-electron chi connectivity index (χ4n) is 2.23. The molecule has 3 unspecified atom stereocenters. The molecule has 1 rings (SSSR count). The van der Waals surface area contributed by atoms with E-state index in [-0.39, 0.29) is 23.6 Å². The van der Waals surface area contributed by atoms with E-state index in [9.17, 15) is 9.59 Å². The summed E-state index contributed by atoms with van der Waals surface area (Å²) in [5.74, 6) is 0.344. The molecule has 0 N–H and O–H groups in total. The summed E-state index contributed by atoms with van der Waals surface area (Å²) in [4.78, 5) is 22.9. The van der Waals surface area contributed by atoms with E-state index in [1.807, 2.05) is 6.92 Å². The van der Waals surface area contributed by atoms with Gasteiger partial charge in [0.25, 0.3) is 0 Å². The van der Waals surface area contributed by atoms with Crippen molar-refractivity contribution in [2.45, 2.75) is 46.6 Å². The van der Waals surface area contributed by atoms with Gasteiger partial charge in [-0.3, -0.25) is 9.59 Å². The molecule has 15 heavy (non-hydrogen) atoms. The van der Waals surface area contributed by atoms with Crippen molar-refractivity contribution in [3.8, 4) is 0 Å². The van der Waals surface area contributed by atoms with Gasteiger partial charge in [-0.05, 0) is 18.8 Å². The topological polar surface area (TPSA) is 43.4 Å². The van der Waals surface area contributed by atoms with Crippen molar-refractivity contribution in [3.63, 3.8) is 0 Å². The maximum absolute atomic E-state index is 11.9. The lowest BCUT2D eigenvalue weighted by Crippen LogP contribution is -2.43. The molecule has 1 saturated carbocycles. The zero-order valence-electron chi connectivity index (χ0n) is 9.95. The Labute approximate surface area is 91.2 Å². The van der Waals surface area contributed by atoms with Crippen LogP contribution in [0.1, 0.15) is 40.5 Å². The quantitative estimate of drug-likeness (QED) is 0.659. The molecule has 0 heterocycles. The molecule has 3 nitrogen and oxygen atoms in total. The molecule has 0 aromatic carbocycles. The lowest BCUT2D eigenvalue weighted by Gasteiger charge is -2.35. The van der Waals surface area contributed by atoms with E-state index in [0.29, 0.717) is 5.92 Å². The summed E-state index contributed by atoms with van der Waals surface area (Å²) in [5.41, 5.74) is 0. The first-order valence-corrected chi connectivity index (χ1v) is 5.64. The summed E-state index contributed by atoms with van der Waals surface area (Å²) in [5, 5.41) is 0. The van der Waals surface area contributed by atoms with E-state index < -0.39 is 6.10 Å². The van der Waals surface area contributed by atoms with Crippen molar-refractivity contribution in [2.75, 3.05) is 0 Å². The fourth-order valence-corrected chi connectivity index (χ4v) is 2.23. The van der Waals surface area contributed by atoms with Gasteiger partial charge < -0.3 is 4.74 Å². The van der Waals surface area contributed by atoms with E-state index in [1.54, 1.807) is 0 Å². The van der Waals surface area contributed by atoms with Crippen LogP contribution >= 0.6 is 0 Å². The van der Waals surface area contributed by atoms with Crippen LogP contribution in [-0.2, 0) is 14.3 Å². The second kappa shape index (κ2) is 4.77. The van der Waals surface area contributed by atoms with Crippen LogP contribution in [0, 0.1) is 17.8 Å². The van der Waals surface area contributed by atoms with Crippen molar-refractivity contribution in [2.24, 2.45) is 17.8 Å². The smallest absolute Gasteiger partial charge is 0.303 e. The number of ketones is 1. The largest absolute Gasteiger partial charge is 0.454 e. The summed E-state index contributed by atoms with van der Waals surface area (Å²) in [6.07, 6.45) is 1.38. The minimum absolute atomic E-state index is 0.0318. The molecule has 1 aliphatic rings. The molecule has 1 fully saturated rings. The Morgan fingerprint density at radius 1 is 1.40 bits per heavy atom. The van der Waals surface area contributed by atoms with Gasteiger partial charge in [-0.1, -0.05) is 20.8 Å². The molecule has 3 atom stereocenters. The second-order valence-electron chi connectivity index (χ2n) is 4.82. The number of esters is 1. The Morgan fingerprint density at radius 2 is 2.00 bits per heavy atom. The van der Waals surface area contributed by atoms with E-state index in [2.05, 4.69) is 13.8 Å². The van der Waals surface area contributed by atoms with Gasteiger partial charge >= 0.3 is 5.97 Å². The first kappa shape index (κ1) is 12.2. The normalized spacial score (nSPS) is 31.8. The van der Waals surface area contributed by atoms with Gasteiger partial charge in [-0.15, -0.1) is 0 Å². The summed E-state index contributed by atoms with van der Waals surface area (Å²) in [7, 11) is 0. The summed E-state index contributed by atoms with van der Waals surface area (Å²) < 4.78 is 5.16. The highest BCUT2D eigenvalue weighted by molar-refractivity contribution is 5.88. The molecule has 0 aliphatic heterocycles. The first-order chi connectivity index (χ1) is 6.93. The van der Waals surface area contributed by atoms with Crippen molar-refractivity contribution >= 4 is 11.8 Å². The third-order valence-electron chi connectivity index (χ3n) is 3.24. The average molecular weight is 212 g/mol. The van der Waals surface area contributed by atoms with Crippen LogP contribution in [0.25, 0.3) is 0 Å². The number of hydrogen-bond donors (Lipinski definition) is 0. The zero-order chi connectivity index (χ0) is 11.6. The van der Waals surface area contributed by atoms with Crippen LogP contribution in [0.2, 0.25) is 0 Å². The predicted molar refractivity (Wildman–Crippen MR) is 57.3 cm³/mol. The first-order valence-electron chi connectivity index (χ1n) is 5.64. The Hall–Kier alpha value is -0.860. The number of carbonyl (C=O) groups is 2. The van der Waals surface area contributed by atoms with Crippen molar-refractivity contribution in [1.82, 2.24) is 0 Å². The molecule has 0 aromatic heterocycles. The van der Waals surface area contributed by atoms with E-state index in [1.165, 1.54) is 6.92 Å². The highest BCUT2D eigenvalue weighted by Crippen LogP contribution is 2.33. The van der Waals surface area contributed by atoms with Crippen LogP contribution in [0.4, 0.5) is 0 Å². The number of carbonyl (C=O) groups excluding carboxylic acids is 2. The molecule has 3 heteroatoms. The fraction of sp³-hybridized carbons (Fsp3) is 0.833. The Morgan fingerprint density at radius 3 is 2.47 bits per heavy atom. The van der Waals surface area contributed by atoms with Gasteiger partial charge in [0.05, 0.1) is 0 Å². The third-order valence-corrected chi connectivity index (χ3v) is 3.24. The number of Topliss-reactive ketones (excluding diaryl/α,β-unsaturated/α-hetero) is 1. The van der Waals surface area contributed by atoms with Crippen LogP contribution in [0.15, 0.2) is 0 Å². The van der Waals surface area contributed by atoms with Gasteiger partial charge in [-0.25, -0.2) is 0 Å². The Balaban J connectivity index is 2.79. The predicted octanol–water partition coefficient (Wildman–Crippen LogP) is 2.19. The number of hydrogen-bond acceptors (Lipinski definition) is 3. The standard InChI is InChI=1S/C12H20O3/c1-7(2)10-6-5-8(3)11(14)12(10)15-9(4)13/h7-8,10,12H,5-6H2,1-4H3. The molecule has 0 amide bonds. The molecule has 1 aliphatic carbocycles. The van der Waals surface area contributed by atoms with Crippen molar-refractivity contribution < 1.29 is 14.3 Å². The highest BCUT2D eigenvalue weighted by atomic mass is 16.5. The molecular weight excluding hydrogens is 192 g/mol. The molecule has 0 aromatic rings.